The third-order valence-electron chi connectivity index (χ3n) is 4.61. The van der Waals surface area contributed by atoms with Crippen LogP contribution >= 0.6 is 34.3 Å². The molecule has 4 nitrogen and oxygen atoms in total. The van der Waals surface area contributed by atoms with Crippen LogP contribution in [-0.2, 0) is 11.2 Å². The molecule has 0 saturated carbocycles. The van der Waals surface area contributed by atoms with Gasteiger partial charge in [0.2, 0.25) is 5.91 Å². The molecule has 1 atom stereocenters. The average Bonchev–Trinajstić information content (AvgIpc) is 3.37. The number of benzene rings is 1. The summed E-state index contributed by atoms with van der Waals surface area (Å²) in [5, 5.41) is 7.42. The first-order valence-corrected chi connectivity index (χ1v) is 10.7. The van der Waals surface area contributed by atoms with Crippen LogP contribution in [0.25, 0.3) is 0 Å². The summed E-state index contributed by atoms with van der Waals surface area (Å²) in [6.07, 6.45) is 0.853. The fourth-order valence-electron chi connectivity index (χ4n) is 3.30. The fraction of sp³-hybridized carbons (Fsp3) is 0.200. The summed E-state index contributed by atoms with van der Waals surface area (Å²) < 4.78 is 0. The van der Waals surface area contributed by atoms with E-state index >= 15 is 0 Å². The molecule has 1 aliphatic rings. The summed E-state index contributed by atoms with van der Waals surface area (Å²) in [5.74, 6) is -0.353. The van der Waals surface area contributed by atoms with Gasteiger partial charge in [-0.3, -0.25) is 9.59 Å². The number of nitrogens with one attached hydrogen (secondary N) is 1. The monoisotopic (exact) mass is 416 g/mol. The van der Waals surface area contributed by atoms with E-state index in [9.17, 15) is 9.59 Å². The Morgan fingerprint density at radius 3 is 2.67 bits per heavy atom. The molecular weight excluding hydrogens is 400 g/mol. The van der Waals surface area contributed by atoms with E-state index in [1.807, 2.05) is 16.3 Å². The second-order valence-electron chi connectivity index (χ2n) is 6.24. The molecule has 0 saturated heterocycles. The third kappa shape index (κ3) is 3.78. The highest BCUT2D eigenvalue weighted by atomic mass is 35.5. The fourth-order valence-corrected chi connectivity index (χ4v) is 5.18. The first-order valence-electron chi connectivity index (χ1n) is 8.56. The summed E-state index contributed by atoms with van der Waals surface area (Å²) in [6, 6.07) is 12.7. The zero-order valence-corrected chi connectivity index (χ0v) is 16.7. The molecule has 2 aromatic heterocycles. The molecule has 0 fully saturated rings. The topological polar surface area (TPSA) is 49.4 Å². The highest BCUT2D eigenvalue weighted by Crippen LogP contribution is 2.39. The van der Waals surface area contributed by atoms with Gasteiger partial charge in [0.25, 0.3) is 5.91 Å². The summed E-state index contributed by atoms with van der Waals surface area (Å²) >= 11 is 9.25. The molecule has 0 spiro atoms. The maximum Gasteiger partial charge on any atom is 0.251 e. The van der Waals surface area contributed by atoms with Crippen LogP contribution in [0.5, 0.6) is 0 Å². The molecule has 138 valence electrons. The lowest BCUT2D eigenvalue weighted by atomic mass is 9.98. The number of nitrogens with zero attached hydrogens (tertiary/aromatic N) is 1. The van der Waals surface area contributed by atoms with Gasteiger partial charge < -0.3 is 10.2 Å². The van der Waals surface area contributed by atoms with Crippen molar-refractivity contribution < 1.29 is 9.59 Å². The van der Waals surface area contributed by atoms with Crippen molar-refractivity contribution in [2.75, 3.05) is 13.1 Å². The normalized spacial score (nSPS) is 16.0. The summed E-state index contributed by atoms with van der Waals surface area (Å²) in [7, 11) is 0. The van der Waals surface area contributed by atoms with Gasteiger partial charge in [-0.2, -0.15) is 0 Å². The van der Waals surface area contributed by atoms with E-state index in [4.69, 9.17) is 11.6 Å². The quantitative estimate of drug-likeness (QED) is 0.686. The van der Waals surface area contributed by atoms with Crippen molar-refractivity contribution in [1.29, 1.82) is 0 Å². The smallest absolute Gasteiger partial charge is 0.251 e. The Morgan fingerprint density at radius 2 is 1.93 bits per heavy atom. The first kappa shape index (κ1) is 18.2. The van der Waals surface area contributed by atoms with Crippen LogP contribution in [0.3, 0.4) is 0 Å². The lowest BCUT2D eigenvalue weighted by molar-refractivity contribution is -0.132. The highest BCUT2D eigenvalue weighted by molar-refractivity contribution is 7.10. The van der Waals surface area contributed by atoms with E-state index in [0.717, 1.165) is 11.3 Å². The standard InChI is InChI=1S/C20H17ClN2O2S2/c21-14-5-3-13(4-6-14)20(25)22-12-18(24)23-9-7-16-15(8-11-27-16)19(23)17-2-1-10-26-17/h1-6,8,10-11,19H,7,9,12H2,(H,22,25)/t19-/m0/s1. The van der Waals surface area contributed by atoms with Gasteiger partial charge in [0.1, 0.15) is 0 Å². The third-order valence-corrected chi connectivity index (χ3v) is 6.78. The van der Waals surface area contributed by atoms with Crippen molar-refractivity contribution in [3.05, 3.63) is 79.1 Å². The number of hydrogen-bond donors (Lipinski definition) is 1. The second-order valence-corrected chi connectivity index (χ2v) is 8.66. The van der Waals surface area contributed by atoms with Gasteiger partial charge in [-0.15, -0.1) is 22.7 Å². The Kier molecular flexibility index (Phi) is 5.29. The minimum Gasteiger partial charge on any atom is -0.343 e. The predicted molar refractivity (Wildman–Crippen MR) is 110 cm³/mol. The van der Waals surface area contributed by atoms with Crippen molar-refractivity contribution in [2.45, 2.75) is 12.5 Å². The van der Waals surface area contributed by atoms with Crippen LogP contribution in [0, 0.1) is 0 Å². The van der Waals surface area contributed by atoms with Crippen molar-refractivity contribution in [3.63, 3.8) is 0 Å². The number of rotatable bonds is 4. The number of carbonyl (C=O) groups excluding carboxylic acids is 2. The van der Waals surface area contributed by atoms with Gasteiger partial charge in [-0.1, -0.05) is 17.7 Å². The van der Waals surface area contributed by atoms with E-state index in [1.54, 1.807) is 46.9 Å². The van der Waals surface area contributed by atoms with Gasteiger partial charge in [-0.25, -0.2) is 0 Å². The lowest BCUT2D eigenvalue weighted by Crippen LogP contribution is -2.45. The molecule has 4 rings (SSSR count). The van der Waals surface area contributed by atoms with Gasteiger partial charge in [-0.05, 0) is 59.1 Å². The van der Waals surface area contributed by atoms with Crippen LogP contribution < -0.4 is 5.32 Å². The lowest BCUT2D eigenvalue weighted by Gasteiger charge is -2.35. The average molecular weight is 417 g/mol. The Labute approximate surface area is 170 Å². The molecular formula is C20H17ClN2O2S2. The summed E-state index contributed by atoms with van der Waals surface area (Å²) in [4.78, 5) is 29.6. The number of amides is 2. The highest BCUT2D eigenvalue weighted by Gasteiger charge is 2.33. The molecule has 1 aromatic carbocycles. The largest absolute Gasteiger partial charge is 0.343 e. The minimum absolute atomic E-state index is 0.0250. The van der Waals surface area contributed by atoms with Gasteiger partial charge in [0.05, 0.1) is 12.6 Å². The predicted octanol–water partition coefficient (Wildman–Crippen LogP) is 4.37. The van der Waals surface area contributed by atoms with Crippen molar-refractivity contribution >= 4 is 46.1 Å². The van der Waals surface area contributed by atoms with E-state index in [0.29, 0.717) is 17.1 Å². The van der Waals surface area contributed by atoms with Gasteiger partial charge in [0.15, 0.2) is 0 Å². The SMILES string of the molecule is O=C(NCC(=O)N1CCc2sccc2[C@H]1c1cccs1)c1ccc(Cl)cc1. The minimum atomic E-state index is -0.277. The van der Waals surface area contributed by atoms with Crippen molar-refractivity contribution in [1.82, 2.24) is 10.2 Å². The number of hydrogen-bond acceptors (Lipinski definition) is 4. The van der Waals surface area contributed by atoms with Crippen LogP contribution in [0.4, 0.5) is 0 Å². The Balaban J connectivity index is 1.49. The zero-order valence-electron chi connectivity index (χ0n) is 14.4. The van der Waals surface area contributed by atoms with E-state index < -0.39 is 0 Å². The number of fused-ring (bicyclic) bond motifs is 1. The molecule has 1 aliphatic heterocycles. The van der Waals surface area contributed by atoms with Gasteiger partial charge >= 0.3 is 0 Å². The van der Waals surface area contributed by atoms with Crippen molar-refractivity contribution in [3.8, 4) is 0 Å². The Morgan fingerprint density at radius 1 is 1.11 bits per heavy atom. The van der Waals surface area contributed by atoms with E-state index in [-0.39, 0.29) is 24.4 Å². The summed E-state index contributed by atoms with van der Waals surface area (Å²) in [5.41, 5.74) is 1.69. The molecule has 27 heavy (non-hydrogen) atoms. The number of halogens is 1. The molecule has 0 aliphatic carbocycles. The summed E-state index contributed by atoms with van der Waals surface area (Å²) in [6.45, 7) is 0.633. The molecule has 0 bridgehead atoms. The Hall–Kier alpha value is -2.15. The second kappa shape index (κ2) is 7.84. The van der Waals surface area contributed by atoms with E-state index in [1.165, 1.54) is 10.4 Å². The maximum absolute atomic E-state index is 12.9. The van der Waals surface area contributed by atoms with Gasteiger partial charge in [0, 0.05) is 26.9 Å². The zero-order chi connectivity index (χ0) is 18.8. The van der Waals surface area contributed by atoms with Crippen LogP contribution in [-0.4, -0.2) is 29.8 Å². The molecule has 2 amide bonds. The van der Waals surface area contributed by atoms with Crippen LogP contribution in [0.15, 0.2) is 53.2 Å². The first-order chi connectivity index (χ1) is 13.1. The number of carbonyl (C=O) groups is 2. The maximum atomic E-state index is 12.9. The van der Waals surface area contributed by atoms with Crippen molar-refractivity contribution in [2.24, 2.45) is 0 Å². The van der Waals surface area contributed by atoms with E-state index in [2.05, 4.69) is 22.8 Å². The molecule has 7 heteroatoms. The van der Waals surface area contributed by atoms with Crippen LogP contribution in [0.2, 0.25) is 5.02 Å². The Bertz CT molecular complexity index is 951. The molecule has 0 unspecified atom stereocenters. The molecule has 0 radical (unpaired) electrons. The molecule has 1 N–H and O–H groups in total. The van der Waals surface area contributed by atoms with Crippen LogP contribution in [0.1, 0.15) is 31.7 Å². The molecule has 3 heterocycles. The molecule has 3 aromatic rings. The number of thiophene rings is 2.